The summed E-state index contributed by atoms with van der Waals surface area (Å²) in [6, 6.07) is 27.8. The Morgan fingerprint density at radius 2 is 1.35 bits per heavy atom. The molecule has 0 atom stereocenters. The molecule has 5 aromatic carbocycles. The SMILES string of the molecule is Cc1ccccc1N=NCc1ccc2ccc3cccc4ccc1c2c34. The van der Waals surface area contributed by atoms with Crippen LogP contribution in [0.25, 0.3) is 32.3 Å². The lowest BCUT2D eigenvalue weighted by atomic mass is 9.92. The maximum atomic E-state index is 4.48. The summed E-state index contributed by atoms with van der Waals surface area (Å²) in [5.41, 5.74) is 3.30. The lowest BCUT2D eigenvalue weighted by molar-refractivity contribution is 0.965. The zero-order chi connectivity index (χ0) is 17.5. The third-order valence-electron chi connectivity index (χ3n) is 5.15. The van der Waals surface area contributed by atoms with Crippen LogP contribution >= 0.6 is 0 Å². The van der Waals surface area contributed by atoms with Gasteiger partial charge in [-0.1, -0.05) is 72.8 Å². The van der Waals surface area contributed by atoms with E-state index in [1.807, 2.05) is 18.2 Å². The summed E-state index contributed by atoms with van der Waals surface area (Å²) < 4.78 is 0. The molecule has 0 spiro atoms. The van der Waals surface area contributed by atoms with E-state index < -0.39 is 0 Å². The summed E-state index contributed by atoms with van der Waals surface area (Å²) in [7, 11) is 0. The Hall–Kier alpha value is -3.26. The first-order valence-corrected chi connectivity index (χ1v) is 8.90. The van der Waals surface area contributed by atoms with Gasteiger partial charge in [-0.3, -0.25) is 0 Å². The maximum absolute atomic E-state index is 4.48. The minimum atomic E-state index is 0.586. The predicted molar refractivity (Wildman–Crippen MR) is 110 cm³/mol. The van der Waals surface area contributed by atoms with Crippen molar-refractivity contribution < 1.29 is 0 Å². The molecule has 0 aliphatic rings. The Bertz CT molecular complexity index is 1250. The van der Waals surface area contributed by atoms with Gasteiger partial charge in [0.1, 0.15) is 0 Å². The highest BCUT2D eigenvalue weighted by atomic mass is 15.1. The molecule has 0 radical (unpaired) electrons. The number of hydrogen-bond donors (Lipinski definition) is 0. The fourth-order valence-electron chi connectivity index (χ4n) is 3.80. The molecular formula is C24H18N2. The van der Waals surface area contributed by atoms with Crippen LogP contribution in [0, 0.1) is 6.92 Å². The van der Waals surface area contributed by atoms with Crippen molar-refractivity contribution in [1.29, 1.82) is 0 Å². The van der Waals surface area contributed by atoms with Gasteiger partial charge in [0.05, 0.1) is 12.2 Å². The molecule has 0 saturated carbocycles. The molecule has 5 aromatic rings. The smallest absolute Gasteiger partial charge is 0.0881 e. The average Bonchev–Trinajstić information content (AvgIpc) is 2.68. The molecular weight excluding hydrogens is 316 g/mol. The van der Waals surface area contributed by atoms with Crippen LogP contribution in [0.3, 0.4) is 0 Å². The molecule has 5 rings (SSSR count). The Kier molecular flexibility index (Phi) is 3.42. The summed E-state index contributed by atoms with van der Waals surface area (Å²) in [5, 5.41) is 16.7. The standard InChI is InChI=1S/C24H18N2/c1-16-5-2-3-8-22(16)26-25-15-20-12-11-19-10-9-17-6-4-7-18-13-14-21(20)24(19)23(17)18/h2-14H,15H2,1H3. The van der Waals surface area contributed by atoms with E-state index in [-0.39, 0.29) is 0 Å². The predicted octanol–water partition coefficient (Wildman–Crippen LogP) is 7.18. The van der Waals surface area contributed by atoms with E-state index in [1.165, 1.54) is 37.9 Å². The van der Waals surface area contributed by atoms with Gasteiger partial charge in [0.25, 0.3) is 0 Å². The fourth-order valence-corrected chi connectivity index (χ4v) is 3.80. The Morgan fingerprint density at radius 1 is 0.654 bits per heavy atom. The van der Waals surface area contributed by atoms with Crippen LogP contribution in [0.2, 0.25) is 0 Å². The highest BCUT2D eigenvalue weighted by Crippen LogP contribution is 2.36. The summed E-state index contributed by atoms with van der Waals surface area (Å²) in [6.07, 6.45) is 0. The third kappa shape index (κ3) is 2.34. The molecule has 2 heteroatoms. The van der Waals surface area contributed by atoms with E-state index in [0.29, 0.717) is 6.54 Å². The van der Waals surface area contributed by atoms with Gasteiger partial charge in [-0.25, -0.2) is 0 Å². The van der Waals surface area contributed by atoms with Crippen LogP contribution < -0.4 is 0 Å². The van der Waals surface area contributed by atoms with Gasteiger partial charge in [0.2, 0.25) is 0 Å². The van der Waals surface area contributed by atoms with E-state index in [4.69, 9.17) is 0 Å². The first-order chi connectivity index (χ1) is 12.8. The third-order valence-corrected chi connectivity index (χ3v) is 5.15. The van der Waals surface area contributed by atoms with E-state index >= 15 is 0 Å². The summed E-state index contributed by atoms with van der Waals surface area (Å²) in [5.74, 6) is 0. The molecule has 0 fully saturated rings. The molecule has 0 N–H and O–H groups in total. The van der Waals surface area contributed by atoms with E-state index in [1.54, 1.807) is 0 Å². The molecule has 0 aliphatic carbocycles. The topological polar surface area (TPSA) is 24.7 Å². The van der Waals surface area contributed by atoms with E-state index in [2.05, 4.69) is 77.8 Å². The molecule has 26 heavy (non-hydrogen) atoms. The van der Waals surface area contributed by atoms with Crippen molar-refractivity contribution in [1.82, 2.24) is 0 Å². The Balaban J connectivity index is 1.63. The Morgan fingerprint density at radius 3 is 2.15 bits per heavy atom. The van der Waals surface area contributed by atoms with Gasteiger partial charge >= 0.3 is 0 Å². The fraction of sp³-hybridized carbons (Fsp3) is 0.0833. The number of nitrogens with zero attached hydrogens (tertiary/aromatic N) is 2. The van der Waals surface area contributed by atoms with Crippen molar-refractivity contribution in [2.45, 2.75) is 13.5 Å². The second kappa shape index (κ2) is 5.92. The van der Waals surface area contributed by atoms with E-state index in [9.17, 15) is 0 Å². The Labute approximate surface area is 152 Å². The number of benzene rings is 5. The van der Waals surface area contributed by atoms with Gasteiger partial charge in [-0.15, -0.1) is 0 Å². The monoisotopic (exact) mass is 334 g/mol. The lowest BCUT2D eigenvalue weighted by Gasteiger charge is -2.12. The lowest BCUT2D eigenvalue weighted by Crippen LogP contribution is -1.89. The largest absolute Gasteiger partial charge is 0.184 e. The van der Waals surface area contributed by atoms with Gasteiger partial charge in [-0.2, -0.15) is 10.2 Å². The number of aryl methyl sites for hydroxylation is 1. The van der Waals surface area contributed by atoms with Crippen molar-refractivity contribution in [3.8, 4) is 0 Å². The highest BCUT2D eigenvalue weighted by Gasteiger charge is 2.10. The van der Waals surface area contributed by atoms with Gasteiger partial charge in [0, 0.05) is 0 Å². The van der Waals surface area contributed by atoms with Gasteiger partial charge < -0.3 is 0 Å². The molecule has 2 nitrogen and oxygen atoms in total. The second-order valence-corrected chi connectivity index (χ2v) is 6.77. The van der Waals surface area contributed by atoms with Crippen molar-refractivity contribution in [2.24, 2.45) is 10.2 Å². The summed E-state index contributed by atoms with van der Waals surface area (Å²) in [4.78, 5) is 0. The molecule has 0 bridgehead atoms. The molecule has 0 saturated heterocycles. The van der Waals surface area contributed by atoms with E-state index in [0.717, 1.165) is 11.3 Å². The second-order valence-electron chi connectivity index (χ2n) is 6.77. The zero-order valence-corrected chi connectivity index (χ0v) is 14.6. The van der Waals surface area contributed by atoms with Crippen molar-refractivity contribution in [3.63, 3.8) is 0 Å². The van der Waals surface area contributed by atoms with Gasteiger partial charge in [-0.05, 0) is 56.4 Å². The van der Waals surface area contributed by atoms with Crippen LogP contribution in [0.5, 0.6) is 0 Å². The summed E-state index contributed by atoms with van der Waals surface area (Å²) in [6.45, 7) is 2.65. The van der Waals surface area contributed by atoms with Crippen molar-refractivity contribution >= 4 is 38.0 Å². The molecule has 0 aromatic heterocycles. The van der Waals surface area contributed by atoms with Crippen LogP contribution in [0.1, 0.15) is 11.1 Å². The number of rotatable bonds is 3. The number of hydrogen-bond acceptors (Lipinski definition) is 2. The summed E-state index contributed by atoms with van der Waals surface area (Å²) >= 11 is 0. The minimum Gasteiger partial charge on any atom is -0.184 e. The van der Waals surface area contributed by atoms with Crippen LogP contribution in [-0.2, 0) is 6.54 Å². The normalized spacial score (nSPS) is 12.0. The molecule has 0 heterocycles. The zero-order valence-electron chi connectivity index (χ0n) is 14.6. The van der Waals surface area contributed by atoms with Crippen molar-refractivity contribution in [2.75, 3.05) is 0 Å². The molecule has 0 amide bonds. The first kappa shape index (κ1) is 15.0. The average molecular weight is 334 g/mol. The molecule has 0 unspecified atom stereocenters. The maximum Gasteiger partial charge on any atom is 0.0881 e. The minimum absolute atomic E-state index is 0.586. The van der Waals surface area contributed by atoms with Crippen molar-refractivity contribution in [3.05, 3.63) is 90.0 Å². The van der Waals surface area contributed by atoms with Crippen LogP contribution in [-0.4, -0.2) is 0 Å². The first-order valence-electron chi connectivity index (χ1n) is 8.90. The molecule has 0 aliphatic heterocycles. The van der Waals surface area contributed by atoms with Gasteiger partial charge in [0.15, 0.2) is 0 Å². The van der Waals surface area contributed by atoms with Crippen LogP contribution in [0.15, 0.2) is 89.1 Å². The number of azo groups is 1. The quantitative estimate of drug-likeness (QED) is 0.247. The highest BCUT2D eigenvalue weighted by molar-refractivity contribution is 6.23. The van der Waals surface area contributed by atoms with Crippen LogP contribution in [0.4, 0.5) is 5.69 Å². The molecule has 124 valence electrons.